The van der Waals surface area contributed by atoms with Crippen molar-refractivity contribution in [2.24, 2.45) is 0 Å². The van der Waals surface area contributed by atoms with E-state index < -0.39 is 0 Å². The molecule has 1 saturated heterocycles. The first kappa shape index (κ1) is 14.9. The fourth-order valence-electron chi connectivity index (χ4n) is 2.44. The summed E-state index contributed by atoms with van der Waals surface area (Å²) in [4.78, 5) is 14.0. The van der Waals surface area contributed by atoms with Crippen molar-refractivity contribution in [2.45, 2.75) is 32.2 Å². The van der Waals surface area contributed by atoms with Gasteiger partial charge >= 0.3 is 0 Å². The van der Waals surface area contributed by atoms with Gasteiger partial charge in [0.2, 0.25) is 5.91 Å². The van der Waals surface area contributed by atoms with Crippen LogP contribution in [0.15, 0.2) is 24.3 Å². The predicted octanol–water partition coefficient (Wildman–Crippen LogP) is 1.97. The molecule has 0 saturated carbocycles. The molecule has 1 fully saturated rings. The number of nitrogens with zero attached hydrogens (tertiary/aromatic N) is 1. The van der Waals surface area contributed by atoms with Gasteiger partial charge in [0.05, 0.1) is 12.6 Å². The van der Waals surface area contributed by atoms with Gasteiger partial charge < -0.3 is 15.0 Å². The molecule has 110 valence electrons. The molecular formula is C16H24N2O2. The third-order valence-corrected chi connectivity index (χ3v) is 3.67. The van der Waals surface area contributed by atoms with E-state index in [0.717, 1.165) is 25.1 Å². The molecule has 4 nitrogen and oxygen atoms in total. The number of likely N-dealkylation sites (N-methyl/N-ethyl adjacent to an activating group) is 1. The summed E-state index contributed by atoms with van der Waals surface area (Å²) in [5.74, 6) is 1.04. The Morgan fingerprint density at radius 1 is 1.45 bits per heavy atom. The highest BCUT2D eigenvalue weighted by molar-refractivity contribution is 5.81. The second-order valence-corrected chi connectivity index (χ2v) is 5.43. The van der Waals surface area contributed by atoms with E-state index in [1.54, 1.807) is 4.90 Å². The van der Waals surface area contributed by atoms with E-state index in [1.165, 1.54) is 12.0 Å². The molecule has 20 heavy (non-hydrogen) atoms. The van der Waals surface area contributed by atoms with E-state index in [9.17, 15) is 4.79 Å². The average molecular weight is 276 g/mol. The summed E-state index contributed by atoms with van der Waals surface area (Å²) >= 11 is 0. The van der Waals surface area contributed by atoms with Gasteiger partial charge in [0, 0.05) is 7.05 Å². The van der Waals surface area contributed by atoms with Crippen molar-refractivity contribution >= 4 is 5.91 Å². The molecule has 0 spiro atoms. The molecule has 1 atom stereocenters. The van der Waals surface area contributed by atoms with Crippen LogP contribution in [-0.2, 0) is 4.79 Å². The van der Waals surface area contributed by atoms with Crippen molar-refractivity contribution < 1.29 is 9.53 Å². The lowest BCUT2D eigenvalue weighted by atomic mass is 10.0. The lowest BCUT2D eigenvalue weighted by molar-refractivity contribution is -0.133. The SMILES string of the molecule is Cc1cccc(OCCN(C)C(=O)C2CCCCN2)c1. The maximum Gasteiger partial charge on any atom is 0.239 e. The Morgan fingerprint density at radius 2 is 2.30 bits per heavy atom. The van der Waals surface area contributed by atoms with Crippen LogP contribution >= 0.6 is 0 Å². The molecule has 4 heteroatoms. The van der Waals surface area contributed by atoms with Gasteiger partial charge in [0.1, 0.15) is 12.4 Å². The largest absolute Gasteiger partial charge is 0.492 e. The van der Waals surface area contributed by atoms with Crippen LogP contribution in [0.4, 0.5) is 0 Å². The molecule has 1 unspecified atom stereocenters. The second kappa shape index (κ2) is 7.29. The van der Waals surface area contributed by atoms with Crippen molar-refractivity contribution in [1.82, 2.24) is 10.2 Å². The van der Waals surface area contributed by atoms with E-state index in [1.807, 2.05) is 38.2 Å². The maximum absolute atomic E-state index is 12.2. The van der Waals surface area contributed by atoms with Gasteiger partial charge in [0.15, 0.2) is 0 Å². The highest BCUT2D eigenvalue weighted by Gasteiger charge is 2.23. The number of carbonyl (C=O) groups excluding carboxylic acids is 1. The molecule has 2 rings (SSSR count). The van der Waals surface area contributed by atoms with Gasteiger partial charge in [-0.2, -0.15) is 0 Å². The van der Waals surface area contributed by atoms with Crippen molar-refractivity contribution in [3.8, 4) is 5.75 Å². The van der Waals surface area contributed by atoms with E-state index >= 15 is 0 Å². The lowest BCUT2D eigenvalue weighted by Gasteiger charge is -2.27. The number of hydrogen-bond donors (Lipinski definition) is 1. The molecule has 1 heterocycles. The van der Waals surface area contributed by atoms with Crippen molar-refractivity contribution in [2.75, 3.05) is 26.7 Å². The quantitative estimate of drug-likeness (QED) is 0.894. The summed E-state index contributed by atoms with van der Waals surface area (Å²) in [5, 5.41) is 3.28. The third-order valence-electron chi connectivity index (χ3n) is 3.67. The molecule has 1 aliphatic rings. The smallest absolute Gasteiger partial charge is 0.239 e. The van der Waals surface area contributed by atoms with Crippen LogP contribution in [0.1, 0.15) is 24.8 Å². The Bertz CT molecular complexity index is 442. The molecule has 1 aliphatic heterocycles. The van der Waals surface area contributed by atoms with Gasteiger partial charge in [0.25, 0.3) is 0 Å². The summed E-state index contributed by atoms with van der Waals surface area (Å²) in [5.41, 5.74) is 1.18. The van der Waals surface area contributed by atoms with Crippen LogP contribution in [0.2, 0.25) is 0 Å². The van der Waals surface area contributed by atoms with Gasteiger partial charge in [-0.05, 0) is 44.0 Å². The predicted molar refractivity (Wildman–Crippen MR) is 80.0 cm³/mol. The highest BCUT2D eigenvalue weighted by atomic mass is 16.5. The topological polar surface area (TPSA) is 41.6 Å². The van der Waals surface area contributed by atoms with Gasteiger partial charge in [-0.15, -0.1) is 0 Å². The Morgan fingerprint density at radius 3 is 3.00 bits per heavy atom. The van der Waals surface area contributed by atoms with E-state index in [2.05, 4.69) is 5.32 Å². The van der Waals surface area contributed by atoms with Crippen molar-refractivity contribution in [3.63, 3.8) is 0 Å². The number of aryl methyl sites for hydroxylation is 1. The van der Waals surface area contributed by atoms with Gasteiger partial charge in [-0.1, -0.05) is 18.6 Å². The fourth-order valence-corrected chi connectivity index (χ4v) is 2.44. The molecule has 0 radical (unpaired) electrons. The summed E-state index contributed by atoms with van der Waals surface area (Å²) in [6.45, 7) is 4.13. The van der Waals surface area contributed by atoms with E-state index in [-0.39, 0.29) is 11.9 Å². The van der Waals surface area contributed by atoms with Crippen LogP contribution in [0.25, 0.3) is 0 Å². The Kier molecular flexibility index (Phi) is 5.41. The monoisotopic (exact) mass is 276 g/mol. The zero-order valence-electron chi connectivity index (χ0n) is 12.4. The molecular weight excluding hydrogens is 252 g/mol. The fraction of sp³-hybridized carbons (Fsp3) is 0.562. The number of hydrogen-bond acceptors (Lipinski definition) is 3. The second-order valence-electron chi connectivity index (χ2n) is 5.43. The van der Waals surface area contributed by atoms with Crippen LogP contribution in [0.3, 0.4) is 0 Å². The van der Waals surface area contributed by atoms with Gasteiger partial charge in [-0.3, -0.25) is 4.79 Å². The number of piperidine rings is 1. The molecule has 0 aromatic heterocycles. The number of rotatable bonds is 5. The lowest BCUT2D eigenvalue weighted by Crippen LogP contribution is -2.48. The standard InChI is InChI=1S/C16H24N2O2/c1-13-6-5-7-14(12-13)20-11-10-18(2)16(19)15-8-3-4-9-17-15/h5-7,12,15,17H,3-4,8-11H2,1-2H3. The van der Waals surface area contributed by atoms with Crippen LogP contribution in [0, 0.1) is 6.92 Å². The van der Waals surface area contributed by atoms with E-state index in [4.69, 9.17) is 4.74 Å². The molecule has 1 aromatic carbocycles. The number of ether oxygens (including phenoxy) is 1. The molecule has 1 N–H and O–H groups in total. The molecule has 0 bridgehead atoms. The average Bonchev–Trinajstić information content (AvgIpc) is 2.47. The number of carbonyl (C=O) groups is 1. The maximum atomic E-state index is 12.2. The van der Waals surface area contributed by atoms with Crippen LogP contribution < -0.4 is 10.1 Å². The Balaban J connectivity index is 1.74. The summed E-state index contributed by atoms with van der Waals surface area (Å²) < 4.78 is 5.68. The molecule has 1 amide bonds. The van der Waals surface area contributed by atoms with Gasteiger partial charge in [-0.25, -0.2) is 0 Å². The highest BCUT2D eigenvalue weighted by Crippen LogP contribution is 2.12. The first-order valence-electron chi connectivity index (χ1n) is 7.34. The minimum Gasteiger partial charge on any atom is -0.492 e. The molecule has 0 aliphatic carbocycles. The Hall–Kier alpha value is -1.55. The minimum atomic E-state index is -0.00674. The van der Waals surface area contributed by atoms with Crippen molar-refractivity contribution in [1.29, 1.82) is 0 Å². The number of amides is 1. The minimum absolute atomic E-state index is 0.00674. The van der Waals surface area contributed by atoms with Crippen LogP contribution in [0.5, 0.6) is 5.75 Å². The number of nitrogens with one attached hydrogen (secondary N) is 1. The summed E-state index contributed by atoms with van der Waals surface area (Å²) in [7, 11) is 1.85. The molecule has 1 aromatic rings. The summed E-state index contributed by atoms with van der Waals surface area (Å²) in [6.07, 6.45) is 3.25. The zero-order valence-corrected chi connectivity index (χ0v) is 12.4. The normalized spacial score (nSPS) is 18.6. The van der Waals surface area contributed by atoms with Crippen LogP contribution in [-0.4, -0.2) is 43.6 Å². The van der Waals surface area contributed by atoms with Crippen molar-refractivity contribution in [3.05, 3.63) is 29.8 Å². The zero-order chi connectivity index (χ0) is 14.4. The third kappa shape index (κ3) is 4.23. The first-order chi connectivity index (χ1) is 9.66. The first-order valence-corrected chi connectivity index (χ1v) is 7.34. The van der Waals surface area contributed by atoms with E-state index in [0.29, 0.717) is 13.2 Å². The summed E-state index contributed by atoms with van der Waals surface area (Å²) in [6, 6.07) is 7.96. The Labute approximate surface area is 121 Å². The number of benzene rings is 1.